The maximum absolute atomic E-state index is 11.8. The molecular weight excluding hydrogens is 306 g/mol. The molecule has 0 unspecified atom stereocenters. The van der Waals surface area contributed by atoms with Crippen LogP contribution >= 0.6 is 0 Å². The molecule has 0 aliphatic carbocycles. The first-order chi connectivity index (χ1) is 11.6. The number of phenols is 1. The highest BCUT2D eigenvalue weighted by Crippen LogP contribution is 2.29. The van der Waals surface area contributed by atoms with E-state index >= 15 is 0 Å². The standard InChI is InChI=1S/C19H19NO4/c1-3-23-17-7-5-4-6-15(17)20-11-13-10-18(22)24-19-12(2)16(21)9-8-14(13)19/h4-10,20-21H,3,11H2,1-2H3. The Hall–Kier alpha value is -2.95. The molecule has 3 rings (SSSR count). The number of hydrogen-bond acceptors (Lipinski definition) is 5. The third kappa shape index (κ3) is 3.06. The van der Waals surface area contributed by atoms with Gasteiger partial charge in [-0.15, -0.1) is 0 Å². The van der Waals surface area contributed by atoms with Gasteiger partial charge in [0.1, 0.15) is 17.1 Å². The van der Waals surface area contributed by atoms with Gasteiger partial charge in [0.15, 0.2) is 0 Å². The van der Waals surface area contributed by atoms with Gasteiger partial charge in [-0.3, -0.25) is 0 Å². The maximum Gasteiger partial charge on any atom is 0.336 e. The Kier molecular flexibility index (Phi) is 4.42. The number of rotatable bonds is 5. The van der Waals surface area contributed by atoms with Crippen molar-refractivity contribution in [3.8, 4) is 11.5 Å². The minimum absolute atomic E-state index is 0.109. The molecule has 0 amide bonds. The molecule has 24 heavy (non-hydrogen) atoms. The second-order valence-corrected chi connectivity index (χ2v) is 5.46. The molecule has 0 bridgehead atoms. The van der Waals surface area contributed by atoms with Crippen LogP contribution < -0.4 is 15.7 Å². The van der Waals surface area contributed by atoms with Gasteiger partial charge in [0, 0.05) is 23.6 Å². The highest BCUT2D eigenvalue weighted by atomic mass is 16.5. The first-order valence-electron chi connectivity index (χ1n) is 7.81. The lowest BCUT2D eigenvalue weighted by Gasteiger charge is -2.13. The summed E-state index contributed by atoms with van der Waals surface area (Å²) in [6, 6.07) is 12.5. The van der Waals surface area contributed by atoms with E-state index < -0.39 is 5.63 Å². The Labute approximate surface area is 139 Å². The molecule has 0 saturated heterocycles. The zero-order valence-corrected chi connectivity index (χ0v) is 13.6. The molecule has 0 fully saturated rings. The van der Waals surface area contributed by atoms with Crippen molar-refractivity contribution in [1.82, 2.24) is 0 Å². The number of benzene rings is 2. The van der Waals surface area contributed by atoms with E-state index in [1.54, 1.807) is 19.1 Å². The van der Waals surface area contributed by atoms with Crippen LogP contribution in [0.15, 0.2) is 51.7 Å². The number of fused-ring (bicyclic) bond motifs is 1. The van der Waals surface area contributed by atoms with Crippen molar-refractivity contribution < 1.29 is 14.3 Å². The molecule has 0 radical (unpaired) electrons. The van der Waals surface area contributed by atoms with Crippen molar-refractivity contribution >= 4 is 16.7 Å². The van der Waals surface area contributed by atoms with Crippen LogP contribution in [0.5, 0.6) is 11.5 Å². The van der Waals surface area contributed by atoms with Crippen LogP contribution in [0.3, 0.4) is 0 Å². The fourth-order valence-electron chi connectivity index (χ4n) is 2.65. The van der Waals surface area contributed by atoms with Gasteiger partial charge in [0.05, 0.1) is 12.3 Å². The topological polar surface area (TPSA) is 71.7 Å². The number of hydrogen-bond donors (Lipinski definition) is 2. The fraction of sp³-hybridized carbons (Fsp3) is 0.211. The first-order valence-corrected chi connectivity index (χ1v) is 7.81. The Morgan fingerprint density at radius 1 is 1.21 bits per heavy atom. The highest BCUT2D eigenvalue weighted by Gasteiger charge is 2.11. The summed E-state index contributed by atoms with van der Waals surface area (Å²) in [6.45, 7) is 4.68. The van der Waals surface area contributed by atoms with Gasteiger partial charge in [0.2, 0.25) is 0 Å². The van der Waals surface area contributed by atoms with Crippen LogP contribution in [-0.2, 0) is 6.54 Å². The van der Waals surface area contributed by atoms with E-state index in [1.807, 2.05) is 31.2 Å². The molecule has 0 aliphatic rings. The zero-order valence-electron chi connectivity index (χ0n) is 13.6. The number of phenolic OH excluding ortho intramolecular Hbond substituents is 1. The van der Waals surface area contributed by atoms with Gasteiger partial charge in [-0.25, -0.2) is 4.79 Å². The molecule has 0 spiro atoms. The molecule has 5 heteroatoms. The summed E-state index contributed by atoms with van der Waals surface area (Å²) in [4.78, 5) is 11.8. The molecule has 0 atom stereocenters. The Morgan fingerprint density at radius 3 is 2.79 bits per heavy atom. The number of nitrogens with one attached hydrogen (secondary N) is 1. The smallest absolute Gasteiger partial charge is 0.336 e. The van der Waals surface area contributed by atoms with Crippen LogP contribution in [0, 0.1) is 6.92 Å². The van der Waals surface area contributed by atoms with E-state index in [1.165, 1.54) is 6.07 Å². The maximum atomic E-state index is 11.8. The van der Waals surface area contributed by atoms with E-state index in [0.29, 0.717) is 24.3 Å². The van der Waals surface area contributed by atoms with E-state index in [-0.39, 0.29) is 5.75 Å². The van der Waals surface area contributed by atoms with E-state index in [4.69, 9.17) is 9.15 Å². The second-order valence-electron chi connectivity index (χ2n) is 5.46. The predicted octanol–water partition coefficient (Wildman–Crippen LogP) is 3.82. The molecule has 1 aromatic heterocycles. The van der Waals surface area contributed by atoms with Crippen molar-refractivity contribution in [2.75, 3.05) is 11.9 Å². The summed E-state index contributed by atoms with van der Waals surface area (Å²) < 4.78 is 10.9. The predicted molar refractivity (Wildman–Crippen MR) is 93.8 cm³/mol. The quantitative estimate of drug-likeness (QED) is 0.698. The van der Waals surface area contributed by atoms with E-state index in [0.717, 1.165) is 22.4 Å². The molecule has 3 aromatic rings. The van der Waals surface area contributed by atoms with Crippen LogP contribution in [0.25, 0.3) is 11.0 Å². The molecule has 124 valence electrons. The lowest BCUT2D eigenvalue weighted by atomic mass is 10.1. The van der Waals surface area contributed by atoms with Gasteiger partial charge in [-0.1, -0.05) is 12.1 Å². The average Bonchev–Trinajstić information content (AvgIpc) is 2.58. The van der Waals surface area contributed by atoms with Gasteiger partial charge >= 0.3 is 5.63 Å². The van der Waals surface area contributed by atoms with Crippen molar-refractivity contribution in [3.05, 3.63) is 64.0 Å². The minimum atomic E-state index is -0.439. The van der Waals surface area contributed by atoms with E-state index in [2.05, 4.69) is 5.32 Å². The van der Waals surface area contributed by atoms with Crippen LogP contribution in [-0.4, -0.2) is 11.7 Å². The molecule has 2 aromatic carbocycles. The Balaban J connectivity index is 1.97. The lowest BCUT2D eigenvalue weighted by Crippen LogP contribution is -2.07. The van der Waals surface area contributed by atoms with E-state index in [9.17, 15) is 9.90 Å². The van der Waals surface area contributed by atoms with Crippen molar-refractivity contribution in [2.24, 2.45) is 0 Å². The molecule has 1 heterocycles. The minimum Gasteiger partial charge on any atom is -0.508 e. The molecular formula is C19H19NO4. The SMILES string of the molecule is CCOc1ccccc1NCc1cc(=O)oc2c(C)c(O)ccc12. The number of anilines is 1. The van der Waals surface area contributed by atoms with Crippen molar-refractivity contribution in [1.29, 1.82) is 0 Å². The lowest BCUT2D eigenvalue weighted by molar-refractivity contribution is 0.341. The van der Waals surface area contributed by atoms with Crippen molar-refractivity contribution in [2.45, 2.75) is 20.4 Å². The van der Waals surface area contributed by atoms with Gasteiger partial charge in [-0.2, -0.15) is 0 Å². The van der Waals surface area contributed by atoms with Crippen LogP contribution in [0.1, 0.15) is 18.1 Å². The molecule has 2 N–H and O–H groups in total. The normalized spacial score (nSPS) is 10.8. The fourth-order valence-corrected chi connectivity index (χ4v) is 2.65. The van der Waals surface area contributed by atoms with Crippen LogP contribution in [0.2, 0.25) is 0 Å². The summed E-state index contributed by atoms with van der Waals surface area (Å²) in [5.41, 5.74) is 2.19. The zero-order chi connectivity index (χ0) is 17.1. The molecule has 0 aliphatic heterocycles. The molecule has 0 saturated carbocycles. The molecule has 5 nitrogen and oxygen atoms in total. The van der Waals surface area contributed by atoms with Crippen LogP contribution in [0.4, 0.5) is 5.69 Å². The summed E-state index contributed by atoms with van der Waals surface area (Å²) in [5.74, 6) is 0.874. The first kappa shape index (κ1) is 15.9. The van der Waals surface area contributed by atoms with Gasteiger partial charge < -0.3 is 19.6 Å². The average molecular weight is 325 g/mol. The number of para-hydroxylation sites is 2. The second kappa shape index (κ2) is 6.66. The Bertz CT molecular complexity index is 930. The largest absolute Gasteiger partial charge is 0.508 e. The highest BCUT2D eigenvalue weighted by molar-refractivity contribution is 5.85. The number of aromatic hydroxyl groups is 1. The number of ether oxygens (including phenoxy) is 1. The third-order valence-electron chi connectivity index (χ3n) is 3.87. The summed E-state index contributed by atoms with van der Waals surface area (Å²) in [7, 11) is 0. The van der Waals surface area contributed by atoms with Gasteiger partial charge in [-0.05, 0) is 43.7 Å². The van der Waals surface area contributed by atoms with Crippen molar-refractivity contribution in [3.63, 3.8) is 0 Å². The summed E-state index contributed by atoms with van der Waals surface area (Å²) in [6.07, 6.45) is 0. The summed E-state index contributed by atoms with van der Waals surface area (Å²) in [5, 5.41) is 13.9. The van der Waals surface area contributed by atoms with Gasteiger partial charge in [0.25, 0.3) is 0 Å². The number of aryl methyl sites for hydroxylation is 1. The summed E-state index contributed by atoms with van der Waals surface area (Å²) >= 11 is 0. The Morgan fingerprint density at radius 2 is 2.00 bits per heavy atom. The monoisotopic (exact) mass is 325 g/mol. The third-order valence-corrected chi connectivity index (χ3v) is 3.87.